The van der Waals surface area contributed by atoms with Crippen LogP contribution in [0.4, 0.5) is 13.2 Å². The third-order valence-corrected chi connectivity index (χ3v) is 8.38. The molecule has 6 atom stereocenters. The number of nitrogens with zero attached hydrogens (tertiary/aromatic N) is 1. The topological polar surface area (TPSA) is 88.1 Å². The highest BCUT2D eigenvalue weighted by Crippen LogP contribution is 2.49. The summed E-state index contributed by atoms with van der Waals surface area (Å²) >= 11 is 0. The molecule has 2 aromatic carbocycles. The van der Waals surface area contributed by atoms with Gasteiger partial charge in [-0.25, -0.2) is 4.79 Å². The van der Waals surface area contributed by atoms with Crippen molar-refractivity contribution >= 4 is 11.9 Å². The first kappa shape index (κ1) is 30.8. The molecule has 0 bridgehead atoms. The molecular weight excluding hydrogens is 537 g/mol. The van der Waals surface area contributed by atoms with E-state index in [9.17, 15) is 27.9 Å². The van der Waals surface area contributed by atoms with Crippen molar-refractivity contribution in [3.8, 4) is 5.75 Å². The predicted molar refractivity (Wildman–Crippen MR) is 147 cm³/mol. The fraction of sp³-hybridized carbons (Fsp3) is 0.548. The molecule has 224 valence electrons. The van der Waals surface area contributed by atoms with Gasteiger partial charge in [-0.2, -0.15) is 13.2 Å². The highest BCUT2D eigenvalue weighted by atomic mass is 19.4. The molecule has 0 aliphatic carbocycles. The standard InChI is InChI=1S/C31H39F3N2O5/c1-18-22(12-9-15-41-18)28(37)36-26(19-10-7-6-8-11-19)25(24(30(2,3)4)27(36)29(38)39)35-17-20-16-21(31(32,33)34)13-14-23(20)40-5/h6-8,10-11,13-14,16,18,22,24-27,35H,9,12,15,17H2,1-5H3,(H,38,39)/t18-,22-,24?,25?,26?,27?/m0/s1. The smallest absolute Gasteiger partial charge is 0.416 e. The molecule has 1 amide bonds. The molecule has 4 rings (SSSR count). The Morgan fingerprint density at radius 1 is 1.12 bits per heavy atom. The van der Waals surface area contributed by atoms with Gasteiger partial charge in [0.2, 0.25) is 5.91 Å². The van der Waals surface area contributed by atoms with E-state index in [-0.39, 0.29) is 29.9 Å². The summed E-state index contributed by atoms with van der Waals surface area (Å²) in [6.07, 6.45) is -3.62. The summed E-state index contributed by atoms with van der Waals surface area (Å²) in [5.41, 5.74) is -0.362. The summed E-state index contributed by atoms with van der Waals surface area (Å²) < 4.78 is 51.8. The number of carbonyl (C=O) groups excluding carboxylic acids is 1. The second-order valence-corrected chi connectivity index (χ2v) is 12.0. The number of carboxylic acid groups (broad SMARTS) is 1. The van der Waals surface area contributed by atoms with Gasteiger partial charge in [0, 0.05) is 30.7 Å². The van der Waals surface area contributed by atoms with Crippen molar-refractivity contribution in [3.05, 3.63) is 65.2 Å². The Labute approximate surface area is 239 Å². The number of nitrogens with one attached hydrogen (secondary N) is 1. The third kappa shape index (κ3) is 6.38. The monoisotopic (exact) mass is 576 g/mol. The van der Waals surface area contributed by atoms with E-state index >= 15 is 0 Å². The molecule has 41 heavy (non-hydrogen) atoms. The van der Waals surface area contributed by atoms with E-state index in [4.69, 9.17) is 9.47 Å². The number of carboxylic acids is 1. The SMILES string of the molecule is COc1ccc(C(F)(F)F)cc1CNC1C(c2ccccc2)N(C(=O)[C@H]2CCCO[C@H]2C)C(C(=O)O)C1C(C)(C)C. The Balaban J connectivity index is 1.82. The minimum atomic E-state index is -4.54. The summed E-state index contributed by atoms with van der Waals surface area (Å²) in [5, 5.41) is 14.0. The number of hydrogen-bond donors (Lipinski definition) is 2. The highest BCUT2D eigenvalue weighted by molar-refractivity contribution is 5.87. The lowest BCUT2D eigenvalue weighted by molar-refractivity contribution is -0.158. The van der Waals surface area contributed by atoms with Crippen molar-refractivity contribution in [3.63, 3.8) is 0 Å². The summed E-state index contributed by atoms with van der Waals surface area (Å²) in [5.74, 6) is -2.20. The molecule has 2 aliphatic rings. The van der Waals surface area contributed by atoms with Gasteiger partial charge in [-0.1, -0.05) is 51.1 Å². The molecule has 2 aromatic rings. The number of rotatable bonds is 7. The van der Waals surface area contributed by atoms with E-state index in [2.05, 4.69) is 5.32 Å². The van der Waals surface area contributed by atoms with Crippen LogP contribution in [0.3, 0.4) is 0 Å². The molecule has 7 nitrogen and oxygen atoms in total. The normalized spacial score (nSPS) is 27.1. The Morgan fingerprint density at radius 3 is 2.37 bits per heavy atom. The Kier molecular flexibility index (Phi) is 9.04. The van der Waals surface area contributed by atoms with Crippen LogP contribution in [0.1, 0.15) is 63.3 Å². The fourth-order valence-corrected chi connectivity index (χ4v) is 6.49. The van der Waals surface area contributed by atoms with E-state index in [1.807, 2.05) is 58.0 Å². The number of hydrogen-bond acceptors (Lipinski definition) is 5. The van der Waals surface area contributed by atoms with Crippen LogP contribution in [0, 0.1) is 17.3 Å². The predicted octanol–water partition coefficient (Wildman–Crippen LogP) is 5.69. The molecule has 0 radical (unpaired) electrons. The van der Waals surface area contributed by atoms with Gasteiger partial charge in [-0.15, -0.1) is 0 Å². The number of ether oxygens (including phenoxy) is 2. The van der Waals surface area contributed by atoms with Crippen LogP contribution < -0.4 is 10.1 Å². The van der Waals surface area contributed by atoms with E-state index in [1.54, 1.807) is 0 Å². The summed E-state index contributed by atoms with van der Waals surface area (Å²) in [4.78, 5) is 28.8. The minimum Gasteiger partial charge on any atom is -0.496 e. The zero-order chi connectivity index (χ0) is 30.1. The number of amides is 1. The van der Waals surface area contributed by atoms with Gasteiger partial charge in [0.15, 0.2) is 0 Å². The third-order valence-electron chi connectivity index (χ3n) is 8.38. The van der Waals surface area contributed by atoms with Crippen LogP contribution in [-0.2, 0) is 27.0 Å². The lowest BCUT2D eigenvalue weighted by Crippen LogP contribution is -2.51. The quantitative estimate of drug-likeness (QED) is 0.441. The number of benzene rings is 2. The summed E-state index contributed by atoms with van der Waals surface area (Å²) in [7, 11) is 1.39. The summed E-state index contributed by atoms with van der Waals surface area (Å²) in [6.45, 7) is 8.14. The fourth-order valence-electron chi connectivity index (χ4n) is 6.49. The maximum atomic E-state index is 14.3. The molecule has 0 spiro atoms. The molecule has 4 unspecified atom stereocenters. The van der Waals surface area contributed by atoms with Crippen molar-refractivity contribution in [1.82, 2.24) is 10.2 Å². The Bertz CT molecular complexity index is 1230. The van der Waals surface area contributed by atoms with Crippen LogP contribution in [0.5, 0.6) is 5.75 Å². The second-order valence-electron chi connectivity index (χ2n) is 12.0. The molecule has 0 saturated carbocycles. The summed E-state index contributed by atoms with van der Waals surface area (Å²) in [6, 6.07) is 10.1. The number of alkyl halides is 3. The molecule has 0 aromatic heterocycles. The number of halogens is 3. The number of aliphatic carboxylic acids is 1. The van der Waals surface area contributed by atoms with E-state index < -0.39 is 53.1 Å². The van der Waals surface area contributed by atoms with Gasteiger partial charge in [0.25, 0.3) is 0 Å². The molecular formula is C31H39F3N2O5. The van der Waals surface area contributed by atoms with Crippen LogP contribution in [-0.4, -0.2) is 53.8 Å². The van der Waals surface area contributed by atoms with Gasteiger partial charge in [-0.3, -0.25) is 4.79 Å². The second kappa shape index (κ2) is 12.0. The number of carbonyl (C=O) groups is 2. The highest BCUT2D eigenvalue weighted by Gasteiger charge is 2.58. The molecule has 2 fully saturated rings. The van der Waals surface area contributed by atoms with Crippen LogP contribution in [0.25, 0.3) is 0 Å². The number of methoxy groups -OCH3 is 1. The average Bonchev–Trinajstić information content (AvgIpc) is 3.27. The van der Waals surface area contributed by atoms with Gasteiger partial charge < -0.3 is 24.8 Å². The van der Waals surface area contributed by atoms with Gasteiger partial charge in [-0.05, 0) is 48.9 Å². The maximum Gasteiger partial charge on any atom is 0.416 e. The lowest BCUT2D eigenvalue weighted by Gasteiger charge is -2.37. The van der Waals surface area contributed by atoms with Crippen molar-refractivity contribution in [2.75, 3.05) is 13.7 Å². The first-order valence-corrected chi connectivity index (χ1v) is 13.9. The zero-order valence-corrected chi connectivity index (χ0v) is 24.1. The van der Waals surface area contributed by atoms with Gasteiger partial charge in [0.05, 0.1) is 30.7 Å². The molecule has 2 N–H and O–H groups in total. The Morgan fingerprint density at radius 2 is 1.80 bits per heavy atom. The van der Waals surface area contributed by atoms with E-state index in [0.29, 0.717) is 19.4 Å². The van der Waals surface area contributed by atoms with Crippen molar-refractivity contribution in [2.45, 2.75) is 77.5 Å². The van der Waals surface area contributed by atoms with Gasteiger partial charge in [0.1, 0.15) is 11.8 Å². The molecule has 10 heteroatoms. The van der Waals surface area contributed by atoms with Crippen LogP contribution in [0.2, 0.25) is 0 Å². The zero-order valence-electron chi connectivity index (χ0n) is 24.1. The van der Waals surface area contributed by atoms with Gasteiger partial charge >= 0.3 is 12.1 Å². The first-order valence-electron chi connectivity index (χ1n) is 13.9. The minimum absolute atomic E-state index is 0.0228. The maximum absolute atomic E-state index is 14.3. The molecule has 2 saturated heterocycles. The van der Waals surface area contributed by atoms with Crippen molar-refractivity contribution in [1.29, 1.82) is 0 Å². The van der Waals surface area contributed by atoms with Crippen LogP contribution >= 0.6 is 0 Å². The van der Waals surface area contributed by atoms with Crippen molar-refractivity contribution < 1.29 is 37.3 Å². The average molecular weight is 577 g/mol. The van der Waals surface area contributed by atoms with Crippen molar-refractivity contribution in [2.24, 2.45) is 17.3 Å². The van der Waals surface area contributed by atoms with E-state index in [1.165, 1.54) is 18.1 Å². The lowest BCUT2D eigenvalue weighted by atomic mass is 9.72. The van der Waals surface area contributed by atoms with Crippen LogP contribution in [0.15, 0.2) is 48.5 Å². The molecule has 2 heterocycles. The molecule has 2 aliphatic heterocycles. The largest absolute Gasteiger partial charge is 0.496 e. The number of likely N-dealkylation sites (tertiary alicyclic amines) is 1. The van der Waals surface area contributed by atoms with E-state index in [0.717, 1.165) is 17.7 Å². The first-order chi connectivity index (χ1) is 19.3. The Hall–Kier alpha value is -3.11.